The Labute approximate surface area is 286 Å². The van der Waals surface area contributed by atoms with Crippen molar-refractivity contribution < 1.29 is 0 Å². The number of hydrogen-bond donors (Lipinski definition) is 0. The molecule has 0 aromatic heterocycles. The Morgan fingerprint density at radius 3 is 1.71 bits per heavy atom. The van der Waals surface area contributed by atoms with Crippen LogP contribution in [0.4, 0.5) is 0 Å². The zero-order valence-corrected chi connectivity index (χ0v) is 27.7. The molecular formula is C49H34. The van der Waals surface area contributed by atoms with Gasteiger partial charge in [-0.3, -0.25) is 0 Å². The summed E-state index contributed by atoms with van der Waals surface area (Å²) in [5.41, 5.74) is 13.1. The second-order valence-corrected chi connectivity index (χ2v) is 14.0. The second-order valence-electron chi connectivity index (χ2n) is 14.0. The van der Waals surface area contributed by atoms with Gasteiger partial charge in [0.05, 0.1) is 0 Å². The molecule has 0 fully saturated rings. The Hall–Kier alpha value is -5.98. The fourth-order valence-electron chi connectivity index (χ4n) is 8.81. The highest BCUT2D eigenvalue weighted by atomic mass is 14.4. The van der Waals surface area contributed by atoms with Crippen LogP contribution >= 0.6 is 0 Å². The van der Waals surface area contributed by atoms with Crippen molar-refractivity contribution in [3.63, 3.8) is 0 Å². The van der Waals surface area contributed by atoms with Gasteiger partial charge >= 0.3 is 0 Å². The molecule has 0 unspecified atom stereocenters. The molecule has 0 N–H and O–H groups in total. The fraction of sp³-hybridized carbons (Fsp3) is 0.0612. The number of hydrogen-bond acceptors (Lipinski definition) is 0. The highest BCUT2D eigenvalue weighted by Crippen LogP contribution is 2.52. The van der Waals surface area contributed by atoms with E-state index >= 15 is 0 Å². The molecule has 0 bridgehead atoms. The van der Waals surface area contributed by atoms with Crippen molar-refractivity contribution in [2.24, 2.45) is 0 Å². The van der Waals surface area contributed by atoms with Crippen molar-refractivity contribution in [3.05, 3.63) is 181 Å². The van der Waals surface area contributed by atoms with E-state index in [4.69, 9.17) is 0 Å². The van der Waals surface area contributed by atoms with Crippen LogP contribution in [0.15, 0.2) is 170 Å². The standard InChI is InChI=1S/C49H34/c1-49(2)46-22-12-11-20-41(46)44-28-25-34-29-33(24-26-38(34)48(44)49)36-16-7-8-18-39(36)40-19-9-10-21-42(40)47-37-17-6-4-14-32(37)30-45-35-15-5-3-13-31(35)23-27-43(45)47/h3-30H,1-2H3. The first-order chi connectivity index (χ1) is 24.1. The van der Waals surface area contributed by atoms with Gasteiger partial charge in [0.25, 0.3) is 0 Å². The smallest absolute Gasteiger partial charge is 0.0165 e. The predicted molar refractivity (Wildman–Crippen MR) is 210 cm³/mol. The van der Waals surface area contributed by atoms with Crippen LogP contribution in [-0.4, -0.2) is 0 Å². The molecule has 0 amide bonds. The minimum Gasteiger partial charge on any atom is -0.0619 e. The molecule has 230 valence electrons. The lowest BCUT2D eigenvalue weighted by Crippen LogP contribution is -2.15. The van der Waals surface area contributed by atoms with Crippen LogP contribution in [0.25, 0.3) is 87.6 Å². The number of benzene rings is 9. The molecule has 0 aliphatic heterocycles. The van der Waals surface area contributed by atoms with E-state index in [2.05, 4.69) is 184 Å². The largest absolute Gasteiger partial charge is 0.0619 e. The Morgan fingerprint density at radius 1 is 0.327 bits per heavy atom. The van der Waals surface area contributed by atoms with E-state index in [1.165, 1.54) is 98.7 Å². The summed E-state index contributed by atoms with van der Waals surface area (Å²) in [6.45, 7) is 4.74. The molecule has 0 saturated carbocycles. The summed E-state index contributed by atoms with van der Waals surface area (Å²) < 4.78 is 0. The van der Waals surface area contributed by atoms with Crippen molar-refractivity contribution >= 4 is 43.1 Å². The molecule has 0 spiro atoms. The second kappa shape index (κ2) is 10.5. The van der Waals surface area contributed by atoms with E-state index in [0.29, 0.717) is 0 Å². The maximum atomic E-state index is 2.40. The van der Waals surface area contributed by atoms with E-state index in [0.717, 1.165) is 0 Å². The zero-order chi connectivity index (χ0) is 32.7. The van der Waals surface area contributed by atoms with Gasteiger partial charge < -0.3 is 0 Å². The summed E-state index contributed by atoms with van der Waals surface area (Å²) in [7, 11) is 0. The van der Waals surface area contributed by atoms with Gasteiger partial charge in [-0.05, 0) is 111 Å². The predicted octanol–water partition coefficient (Wildman–Crippen LogP) is 13.6. The van der Waals surface area contributed by atoms with Crippen molar-refractivity contribution in [2.75, 3.05) is 0 Å². The van der Waals surface area contributed by atoms with Gasteiger partial charge in [0.2, 0.25) is 0 Å². The van der Waals surface area contributed by atoms with E-state index in [1.54, 1.807) is 0 Å². The van der Waals surface area contributed by atoms with E-state index < -0.39 is 0 Å². The van der Waals surface area contributed by atoms with Gasteiger partial charge in [-0.2, -0.15) is 0 Å². The third-order valence-electron chi connectivity index (χ3n) is 11.0. The molecular weight excluding hydrogens is 589 g/mol. The van der Waals surface area contributed by atoms with Crippen LogP contribution in [0.5, 0.6) is 0 Å². The van der Waals surface area contributed by atoms with Gasteiger partial charge in [0, 0.05) is 5.41 Å². The van der Waals surface area contributed by atoms with Crippen molar-refractivity contribution in [1.29, 1.82) is 0 Å². The van der Waals surface area contributed by atoms with Crippen molar-refractivity contribution in [1.82, 2.24) is 0 Å². The number of rotatable bonds is 3. The van der Waals surface area contributed by atoms with Crippen molar-refractivity contribution in [3.8, 4) is 44.5 Å². The van der Waals surface area contributed by atoms with Gasteiger partial charge in [0.15, 0.2) is 0 Å². The fourth-order valence-corrected chi connectivity index (χ4v) is 8.81. The normalized spacial score (nSPS) is 13.3. The molecule has 0 radical (unpaired) electrons. The quantitative estimate of drug-likeness (QED) is 0.136. The maximum Gasteiger partial charge on any atom is 0.0165 e. The topological polar surface area (TPSA) is 0 Å². The molecule has 0 atom stereocenters. The molecule has 1 aliphatic carbocycles. The SMILES string of the molecule is CC1(C)c2ccccc2-c2ccc3cc(-c4ccccc4-c4ccccc4-c4c5ccccc5cc5c4ccc4ccccc45)ccc3c21. The first-order valence-corrected chi connectivity index (χ1v) is 17.3. The molecule has 10 rings (SSSR count). The first-order valence-electron chi connectivity index (χ1n) is 17.3. The lowest BCUT2D eigenvalue weighted by Gasteiger charge is -2.23. The van der Waals surface area contributed by atoms with Crippen LogP contribution in [0.3, 0.4) is 0 Å². The molecule has 0 heteroatoms. The summed E-state index contributed by atoms with van der Waals surface area (Å²) in [5.74, 6) is 0. The molecule has 0 heterocycles. The summed E-state index contributed by atoms with van der Waals surface area (Å²) in [6.07, 6.45) is 0. The first kappa shape index (κ1) is 28.1. The lowest BCUT2D eigenvalue weighted by molar-refractivity contribution is 0.666. The highest BCUT2D eigenvalue weighted by Gasteiger charge is 2.36. The zero-order valence-electron chi connectivity index (χ0n) is 27.7. The van der Waals surface area contributed by atoms with E-state index in [-0.39, 0.29) is 5.41 Å². The van der Waals surface area contributed by atoms with E-state index in [1.807, 2.05) is 0 Å². The molecule has 9 aromatic carbocycles. The lowest BCUT2D eigenvalue weighted by atomic mass is 9.80. The van der Waals surface area contributed by atoms with Gasteiger partial charge in [-0.25, -0.2) is 0 Å². The third-order valence-corrected chi connectivity index (χ3v) is 11.0. The summed E-state index contributed by atoms with van der Waals surface area (Å²) in [5, 5.41) is 10.3. The number of fused-ring (bicyclic) bond motifs is 9. The Bertz CT molecular complexity index is 2800. The maximum absolute atomic E-state index is 2.40. The Balaban J connectivity index is 1.19. The average Bonchev–Trinajstić information content (AvgIpc) is 3.40. The molecule has 1 aliphatic rings. The highest BCUT2D eigenvalue weighted by molar-refractivity contribution is 6.21. The van der Waals surface area contributed by atoms with Crippen LogP contribution in [0.2, 0.25) is 0 Å². The van der Waals surface area contributed by atoms with E-state index in [9.17, 15) is 0 Å². The minimum atomic E-state index is -0.0453. The summed E-state index contributed by atoms with van der Waals surface area (Å²) in [6, 6.07) is 63.2. The Kier molecular flexibility index (Phi) is 6.02. The molecule has 0 saturated heterocycles. The van der Waals surface area contributed by atoms with Crippen molar-refractivity contribution in [2.45, 2.75) is 19.3 Å². The third kappa shape index (κ3) is 4.11. The van der Waals surface area contributed by atoms with Crippen LogP contribution < -0.4 is 0 Å². The Morgan fingerprint density at radius 2 is 0.898 bits per heavy atom. The van der Waals surface area contributed by atoms with Crippen LogP contribution in [0, 0.1) is 0 Å². The summed E-state index contributed by atoms with van der Waals surface area (Å²) >= 11 is 0. The average molecular weight is 623 g/mol. The molecule has 9 aromatic rings. The van der Waals surface area contributed by atoms with Crippen LogP contribution in [-0.2, 0) is 5.41 Å². The summed E-state index contributed by atoms with van der Waals surface area (Å²) in [4.78, 5) is 0. The monoisotopic (exact) mass is 622 g/mol. The minimum absolute atomic E-state index is 0.0453. The molecule has 49 heavy (non-hydrogen) atoms. The van der Waals surface area contributed by atoms with Crippen LogP contribution in [0.1, 0.15) is 25.0 Å². The van der Waals surface area contributed by atoms with Gasteiger partial charge in [0.1, 0.15) is 0 Å². The van der Waals surface area contributed by atoms with Gasteiger partial charge in [-0.15, -0.1) is 0 Å². The molecule has 0 nitrogen and oxygen atoms in total. The van der Waals surface area contributed by atoms with Gasteiger partial charge in [-0.1, -0.05) is 172 Å².